The molecule has 1 aliphatic heterocycles. The minimum Gasteiger partial charge on any atom is -0.368 e. The predicted octanol–water partition coefficient (Wildman–Crippen LogP) is 5.42. The number of likely N-dealkylation sites (N-methyl/N-ethyl adjacent to an activating group) is 1. The van der Waals surface area contributed by atoms with E-state index in [4.69, 9.17) is 0 Å². The second kappa shape index (κ2) is 9.01. The molecule has 0 saturated carbocycles. The van der Waals surface area contributed by atoms with E-state index >= 15 is 0 Å². The van der Waals surface area contributed by atoms with Crippen LogP contribution in [0.5, 0.6) is 0 Å². The molecule has 6 nitrogen and oxygen atoms in total. The first-order chi connectivity index (χ1) is 16.7. The van der Waals surface area contributed by atoms with Crippen LogP contribution in [-0.4, -0.2) is 53.8 Å². The number of carbonyl (C=O) groups excluding carboxylic acids is 1. The highest BCUT2D eigenvalue weighted by Gasteiger charge is 2.36. The third kappa shape index (κ3) is 4.63. The van der Waals surface area contributed by atoms with Crippen molar-refractivity contribution < 1.29 is 18.0 Å². The van der Waals surface area contributed by atoms with Crippen molar-refractivity contribution in [2.24, 2.45) is 0 Å². The van der Waals surface area contributed by atoms with Gasteiger partial charge in [-0.3, -0.25) is 4.79 Å². The second-order valence-corrected chi connectivity index (χ2v) is 9.67. The molecule has 4 aromatic rings. The number of hydrogen-bond acceptors (Lipinski definition) is 5. The molecule has 1 saturated heterocycles. The number of anilines is 2. The first-order valence-electron chi connectivity index (χ1n) is 11.2. The van der Waals surface area contributed by atoms with Gasteiger partial charge in [0.05, 0.1) is 21.8 Å². The molecule has 35 heavy (non-hydrogen) atoms. The summed E-state index contributed by atoms with van der Waals surface area (Å²) in [5.74, 6) is -0.453. The van der Waals surface area contributed by atoms with Crippen molar-refractivity contribution in [2.45, 2.75) is 13.1 Å². The molecule has 1 aliphatic rings. The molecule has 0 unspecified atom stereocenters. The van der Waals surface area contributed by atoms with Gasteiger partial charge in [0.1, 0.15) is 4.83 Å². The molecular formula is C25H24F3N5OS. The number of aromatic nitrogens is 2. The number of amides is 1. The molecule has 1 fully saturated rings. The number of rotatable bonds is 4. The van der Waals surface area contributed by atoms with E-state index in [9.17, 15) is 18.0 Å². The van der Waals surface area contributed by atoms with Crippen LogP contribution in [0.25, 0.3) is 15.9 Å². The number of halogens is 3. The maximum absolute atomic E-state index is 13.9. The Bertz CT molecular complexity index is 1370. The van der Waals surface area contributed by atoms with Crippen molar-refractivity contribution in [3.63, 3.8) is 0 Å². The van der Waals surface area contributed by atoms with Crippen LogP contribution in [0.15, 0.2) is 54.6 Å². The van der Waals surface area contributed by atoms with Gasteiger partial charge in [0, 0.05) is 42.9 Å². The van der Waals surface area contributed by atoms with Crippen molar-refractivity contribution in [3.05, 3.63) is 70.7 Å². The Balaban J connectivity index is 1.43. The Kier molecular flexibility index (Phi) is 6.02. The van der Waals surface area contributed by atoms with Crippen molar-refractivity contribution in [1.82, 2.24) is 14.7 Å². The number of carbonyl (C=O) groups is 1. The SMILES string of the molecule is Cc1nn(-c2ccccc2)c2sc(C(=O)Nc3ccc(N4CCN(C)CC4)c(C(F)(F)F)c3)cc12. The quantitative estimate of drug-likeness (QED) is 0.408. The Labute approximate surface area is 204 Å². The lowest BCUT2D eigenvalue weighted by Crippen LogP contribution is -2.45. The van der Waals surface area contributed by atoms with Gasteiger partial charge in [-0.05, 0) is 50.4 Å². The molecule has 5 rings (SSSR count). The van der Waals surface area contributed by atoms with Gasteiger partial charge >= 0.3 is 6.18 Å². The summed E-state index contributed by atoms with van der Waals surface area (Å²) in [4.78, 5) is 18.0. The first kappa shape index (κ1) is 23.4. The van der Waals surface area contributed by atoms with Gasteiger partial charge in [-0.1, -0.05) is 18.2 Å². The first-order valence-corrected chi connectivity index (χ1v) is 12.0. The van der Waals surface area contributed by atoms with Gasteiger partial charge < -0.3 is 15.1 Å². The third-order valence-corrected chi connectivity index (χ3v) is 7.28. The van der Waals surface area contributed by atoms with Crippen LogP contribution in [0, 0.1) is 6.92 Å². The van der Waals surface area contributed by atoms with Crippen LogP contribution >= 0.6 is 11.3 Å². The smallest absolute Gasteiger partial charge is 0.368 e. The Hall–Kier alpha value is -3.37. The van der Waals surface area contributed by atoms with Crippen molar-refractivity contribution in [3.8, 4) is 5.69 Å². The molecule has 0 atom stereocenters. The lowest BCUT2D eigenvalue weighted by Gasteiger charge is -2.35. The monoisotopic (exact) mass is 499 g/mol. The summed E-state index contributed by atoms with van der Waals surface area (Å²) in [6.45, 7) is 4.29. The van der Waals surface area contributed by atoms with Crippen LogP contribution in [-0.2, 0) is 6.18 Å². The number of piperazine rings is 1. The standard InChI is InChI=1S/C25H24F3N5OS/c1-16-19-15-22(35-24(19)33(30-16)18-6-4-3-5-7-18)23(34)29-17-8-9-21(20(14-17)25(26,27)28)32-12-10-31(2)11-13-32/h3-9,14-15H,10-13H2,1-2H3,(H,29,34). The summed E-state index contributed by atoms with van der Waals surface area (Å²) in [6, 6.07) is 15.3. The molecule has 1 amide bonds. The highest BCUT2D eigenvalue weighted by atomic mass is 32.1. The van der Waals surface area contributed by atoms with E-state index in [0.29, 0.717) is 31.1 Å². The van der Waals surface area contributed by atoms with Gasteiger partial charge in [-0.15, -0.1) is 11.3 Å². The van der Waals surface area contributed by atoms with Gasteiger partial charge in [0.2, 0.25) is 0 Å². The number of alkyl halides is 3. The van der Waals surface area contributed by atoms with Gasteiger partial charge in [0.25, 0.3) is 5.91 Å². The topological polar surface area (TPSA) is 53.4 Å². The normalized spacial score (nSPS) is 15.1. The summed E-state index contributed by atoms with van der Waals surface area (Å²) in [6.07, 6.45) is -4.53. The zero-order chi connectivity index (χ0) is 24.7. The molecule has 0 aliphatic carbocycles. The average Bonchev–Trinajstić information content (AvgIpc) is 3.40. The van der Waals surface area contributed by atoms with Crippen LogP contribution in [0.4, 0.5) is 24.5 Å². The Morgan fingerprint density at radius 1 is 1.03 bits per heavy atom. The maximum Gasteiger partial charge on any atom is 0.418 e. The zero-order valence-electron chi connectivity index (χ0n) is 19.3. The summed E-state index contributed by atoms with van der Waals surface area (Å²) in [7, 11) is 1.95. The zero-order valence-corrected chi connectivity index (χ0v) is 20.1. The summed E-state index contributed by atoms with van der Waals surface area (Å²) >= 11 is 1.26. The molecule has 0 radical (unpaired) electrons. The number of hydrogen-bond donors (Lipinski definition) is 1. The molecule has 3 heterocycles. The number of para-hydroxylation sites is 1. The van der Waals surface area contributed by atoms with E-state index in [2.05, 4.69) is 15.3 Å². The number of thiophene rings is 1. The van der Waals surface area contributed by atoms with E-state index in [0.717, 1.165) is 27.7 Å². The number of benzene rings is 2. The highest BCUT2D eigenvalue weighted by molar-refractivity contribution is 7.20. The number of nitrogens with zero attached hydrogens (tertiary/aromatic N) is 4. The van der Waals surface area contributed by atoms with Crippen LogP contribution in [0.2, 0.25) is 0 Å². The van der Waals surface area contributed by atoms with E-state index < -0.39 is 17.6 Å². The highest BCUT2D eigenvalue weighted by Crippen LogP contribution is 2.39. The van der Waals surface area contributed by atoms with Crippen LogP contribution in [0.1, 0.15) is 20.9 Å². The molecule has 2 aromatic carbocycles. The lowest BCUT2D eigenvalue weighted by atomic mass is 10.1. The van der Waals surface area contributed by atoms with E-state index in [1.54, 1.807) is 15.6 Å². The largest absolute Gasteiger partial charge is 0.418 e. The predicted molar refractivity (Wildman–Crippen MR) is 133 cm³/mol. The van der Waals surface area contributed by atoms with Gasteiger partial charge in [0.15, 0.2) is 0 Å². The number of aryl methyl sites for hydroxylation is 1. The lowest BCUT2D eigenvalue weighted by molar-refractivity contribution is -0.137. The van der Waals surface area contributed by atoms with E-state index in [-0.39, 0.29) is 11.4 Å². The fourth-order valence-corrected chi connectivity index (χ4v) is 5.34. The molecule has 182 valence electrons. The van der Waals surface area contributed by atoms with Gasteiger partial charge in [-0.25, -0.2) is 4.68 Å². The number of nitrogens with one attached hydrogen (secondary N) is 1. The molecule has 0 bridgehead atoms. The summed E-state index contributed by atoms with van der Waals surface area (Å²) in [5, 5.41) is 8.06. The third-order valence-electron chi connectivity index (χ3n) is 6.17. The van der Waals surface area contributed by atoms with Crippen molar-refractivity contribution in [2.75, 3.05) is 43.4 Å². The second-order valence-electron chi connectivity index (χ2n) is 8.64. The molecule has 0 spiro atoms. The van der Waals surface area contributed by atoms with Crippen LogP contribution < -0.4 is 10.2 Å². The molecule has 10 heteroatoms. The molecule has 1 N–H and O–H groups in total. The molecular weight excluding hydrogens is 475 g/mol. The minimum atomic E-state index is -4.53. The number of fused-ring (bicyclic) bond motifs is 1. The minimum absolute atomic E-state index is 0.110. The average molecular weight is 500 g/mol. The van der Waals surface area contributed by atoms with Gasteiger partial charge in [-0.2, -0.15) is 18.3 Å². The van der Waals surface area contributed by atoms with Crippen molar-refractivity contribution >= 4 is 38.8 Å². The summed E-state index contributed by atoms with van der Waals surface area (Å²) < 4.78 is 43.5. The fourth-order valence-electron chi connectivity index (χ4n) is 4.26. The van der Waals surface area contributed by atoms with Crippen LogP contribution in [0.3, 0.4) is 0 Å². The fraction of sp³-hybridized carbons (Fsp3) is 0.280. The van der Waals surface area contributed by atoms with Crippen molar-refractivity contribution in [1.29, 1.82) is 0 Å². The Morgan fingerprint density at radius 2 is 1.74 bits per heavy atom. The molecule has 2 aromatic heterocycles. The van der Waals surface area contributed by atoms with E-state index in [1.165, 1.54) is 23.5 Å². The van der Waals surface area contributed by atoms with E-state index in [1.807, 2.05) is 44.3 Å². The summed E-state index contributed by atoms with van der Waals surface area (Å²) in [5.41, 5.74) is 1.15. The Morgan fingerprint density at radius 3 is 2.43 bits per heavy atom. The maximum atomic E-state index is 13.9.